The number of carbonyl (C=O) groups is 1. The molecule has 0 aliphatic carbocycles. The van der Waals surface area contributed by atoms with Crippen molar-refractivity contribution in [2.45, 2.75) is 25.4 Å². The largest absolute Gasteiger partial charge is 0.476 e. The first-order chi connectivity index (χ1) is 14.5. The van der Waals surface area contributed by atoms with Crippen molar-refractivity contribution in [3.63, 3.8) is 0 Å². The number of nitrogens with one attached hydrogen (secondary N) is 1. The fraction of sp³-hybridized carbons (Fsp3) is 0.333. The quantitative estimate of drug-likeness (QED) is 0.701. The number of aromatic nitrogens is 3. The maximum Gasteiger partial charge on any atom is 0.375 e. The molecule has 154 valence electrons. The third-order valence-electron chi connectivity index (χ3n) is 5.50. The molecular formula is C21H22N6O3. The Balaban J connectivity index is 1.34. The number of nitrogens with zero attached hydrogens (tertiary/aromatic N) is 5. The van der Waals surface area contributed by atoms with E-state index in [0.717, 1.165) is 37.1 Å². The van der Waals surface area contributed by atoms with Gasteiger partial charge in [0.05, 0.1) is 11.6 Å². The highest BCUT2D eigenvalue weighted by molar-refractivity contribution is 5.82. The van der Waals surface area contributed by atoms with Gasteiger partial charge in [-0.15, -0.1) is 5.10 Å². The van der Waals surface area contributed by atoms with Crippen LogP contribution in [0.2, 0.25) is 0 Å². The fourth-order valence-electron chi connectivity index (χ4n) is 3.59. The van der Waals surface area contributed by atoms with Crippen molar-refractivity contribution in [3.8, 4) is 6.07 Å². The molecule has 9 heteroatoms. The van der Waals surface area contributed by atoms with E-state index in [-0.39, 0.29) is 5.82 Å². The molecule has 2 aliphatic rings. The summed E-state index contributed by atoms with van der Waals surface area (Å²) < 4.78 is 7.42. The van der Waals surface area contributed by atoms with Crippen LogP contribution in [0, 0.1) is 11.3 Å². The Labute approximate surface area is 173 Å². The summed E-state index contributed by atoms with van der Waals surface area (Å²) in [6.07, 6.45) is 4.75. The van der Waals surface area contributed by atoms with Crippen molar-refractivity contribution in [1.29, 1.82) is 5.26 Å². The number of carboxylic acids is 1. The van der Waals surface area contributed by atoms with Gasteiger partial charge in [-0.25, -0.2) is 14.5 Å². The highest BCUT2D eigenvalue weighted by Crippen LogP contribution is 2.31. The van der Waals surface area contributed by atoms with Gasteiger partial charge < -0.3 is 15.2 Å². The number of carboxylic acid groups (broad SMARTS) is 1. The topological polar surface area (TPSA) is 116 Å². The van der Waals surface area contributed by atoms with Gasteiger partial charge in [-0.05, 0) is 30.9 Å². The second-order valence-electron chi connectivity index (χ2n) is 7.39. The predicted octanol–water partition coefficient (Wildman–Crippen LogP) is 2.14. The second kappa shape index (κ2) is 8.00. The molecule has 1 fully saturated rings. The van der Waals surface area contributed by atoms with E-state index in [1.807, 2.05) is 37.3 Å². The van der Waals surface area contributed by atoms with E-state index in [2.05, 4.69) is 26.4 Å². The first-order valence-electron chi connectivity index (χ1n) is 9.68. The van der Waals surface area contributed by atoms with Crippen molar-refractivity contribution in [2.24, 2.45) is 0 Å². The van der Waals surface area contributed by atoms with Gasteiger partial charge in [0, 0.05) is 19.3 Å². The molecule has 0 saturated carbocycles. The Morgan fingerprint density at radius 3 is 2.63 bits per heavy atom. The van der Waals surface area contributed by atoms with Crippen molar-refractivity contribution in [1.82, 2.24) is 25.0 Å². The van der Waals surface area contributed by atoms with Gasteiger partial charge in [-0.2, -0.15) is 5.26 Å². The van der Waals surface area contributed by atoms with Gasteiger partial charge in [0.25, 0.3) is 5.82 Å². The molecule has 4 rings (SSSR count). The number of piperidine rings is 1. The zero-order chi connectivity index (χ0) is 21.1. The molecule has 2 N–H and O–H groups in total. The average molecular weight is 406 g/mol. The second-order valence-corrected chi connectivity index (χ2v) is 7.39. The molecule has 9 nitrogen and oxygen atoms in total. The highest BCUT2D eigenvalue weighted by atomic mass is 16.5. The zero-order valence-electron chi connectivity index (χ0n) is 16.6. The summed E-state index contributed by atoms with van der Waals surface area (Å²) in [4.78, 5) is 17.0. The highest BCUT2D eigenvalue weighted by Gasteiger charge is 2.40. The summed E-state index contributed by atoms with van der Waals surface area (Å²) in [5.41, 5.74) is 2.16. The number of ether oxygens (including phenoxy) is 1. The molecule has 0 spiro atoms. The standard InChI is InChI=1S/C21H22N6O3/c1-21(27-13-23-19(25-27)20(28)29)18(12-24-21)30-14-26-9-7-16(8-10-26)17(11-22)15-5-3-2-4-6-15/h2-6,12-13,24H,7-10,14H2,1H3,(H,28,29)/t21-/m1/s1. The van der Waals surface area contributed by atoms with Crippen LogP contribution in [-0.4, -0.2) is 50.6 Å². The number of benzene rings is 1. The summed E-state index contributed by atoms with van der Waals surface area (Å²) in [6.45, 7) is 3.86. The molecule has 0 radical (unpaired) electrons. The smallest absolute Gasteiger partial charge is 0.375 e. The van der Waals surface area contributed by atoms with Gasteiger partial charge >= 0.3 is 5.97 Å². The van der Waals surface area contributed by atoms with E-state index in [1.54, 1.807) is 6.20 Å². The lowest BCUT2D eigenvalue weighted by Gasteiger charge is -2.40. The maximum absolute atomic E-state index is 11.0. The van der Waals surface area contributed by atoms with Crippen LogP contribution in [0.4, 0.5) is 0 Å². The molecule has 1 saturated heterocycles. The summed E-state index contributed by atoms with van der Waals surface area (Å²) in [5.74, 6) is -0.772. The van der Waals surface area contributed by atoms with E-state index in [0.29, 0.717) is 12.5 Å². The molecular weight excluding hydrogens is 384 g/mol. The summed E-state index contributed by atoms with van der Waals surface area (Å²) in [7, 11) is 0. The lowest BCUT2D eigenvalue weighted by Crippen LogP contribution is -2.53. The number of nitriles is 1. The van der Waals surface area contributed by atoms with Crippen molar-refractivity contribution in [2.75, 3.05) is 19.8 Å². The van der Waals surface area contributed by atoms with Gasteiger partial charge in [0.15, 0.2) is 11.4 Å². The molecule has 0 amide bonds. The fourth-order valence-corrected chi connectivity index (χ4v) is 3.59. The van der Waals surface area contributed by atoms with Gasteiger partial charge in [-0.3, -0.25) is 4.90 Å². The zero-order valence-corrected chi connectivity index (χ0v) is 16.6. The molecule has 0 unspecified atom stereocenters. The van der Waals surface area contributed by atoms with Crippen LogP contribution in [0.15, 0.2) is 54.2 Å². The summed E-state index contributed by atoms with van der Waals surface area (Å²) in [5, 5.41) is 25.7. The van der Waals surface area contributed by atoms with Gasteiger partial charge in [-0.1, -0.05) is 30.3 Å². The molecule has 3 heterocycles. The SMILES string of the molecule is C[C@]1(n2cnc(C(=O)O)n2)NC=C1OCN1CCC(=C(C#N)c2ccccc2)CC1. The molecule has 1 aromatic carbocycles. The summed E-state index contributed by atoms with van der Waals surface area (Å²) >= 11 is 0. The van der Waals surface area contributed by atoms with Crippen molar-refractivity contribution in [3.05, 3.63) is 65.6 Å². The maximum atomic E-state index is 11.0. The van der Waals surface area contributed by atoms with Crippen LogP contribution in [0.3, 0.4) is 0 Å². The van der Waals surface area contributed by atoms with Crippen molar-refractivity contribution >= 4 is 11.5 Å². The minimum Gasteiger partial charge on any atom is -0.476 e. The van der Waals surface area contributed by atoms with Crippen LogP contribution in [-0.2, 0) is 10.4 Å². The molecule has 30 heavy (non-hydrogen) atoms. The third kappa shape index (κ3) is 3.65. The van der Waals surface area contributed by atoms with E-state index in [9.17, 15) is 10.1 Å². The number of hydrogen-bond acceptors (Lipinski definition) is 7. The number of likely N-dealkylation sites (tertiary alicyclic amines) is 1. The number of aromatic carboxylic acids is 1. The van der Waals surface area contributed by atoms with E-state index < -0.39 is 11.6 Å². The van der Waals surface area contributed by atoms with E-state index >= 15 is 0 Å². The van der Waals surface area contributed by atoms with Crippen LogP contribution < -0.4 is 5.32 Å². The number of allylic oxidation sites excluding steroid dienone is 1. The van der Waals surface area contributed by atoms with E-state index in [4.69, 9.17) is 9.84 Å². The molecule has 1 aromatic heterocycles. The monoisotopic (exact) mass is 406 g/mol. The normalized spacial score (nSPS) is 21.1. The lowest BCUT2D eigenvalue weighted by atomic mass is 9.94. The molecule has 1 atom stereocenters. The molecule has 0 bridgehead atoms. The average Bonchev–Trinajstić information content (AvgIpc) is 3.26. The van der Waals surface area contributed by atoms with Crippen LogP contribution in [0.5, 0.6) is 0 Å². The Morgan fingerprint density at radius 2 is 2.07 bits per heavy atom. The Kier molecular flexibility index (Phi) is 5.25. The summed E-state index contributed by atoms with van der Waals surface area (Å²) in [6, 6.07) is 12.1. The Hall–Kier alpha value is -3.64. The van der Waals surface area contributed by atoms with Crippen LogP contribution in [0.25, 0.3) is 5.57 Å². The van der Waals surface area contributed by atoms with Gasteiger partial charge in [0.2, 0.25) is 0 Å². The third-order valence-corrected chi connectivity index (χ3v) is 5.50. The molecule has 2 aliphatic heterocycles. The van der Waals surface area contributed by atoms with Gasteiger partial charge in [0.1, 0.15) is 13.1 Å². The molecule has 2 aromatic rings. The van der Waals surface area contributed by atoms with Crippen LogP contribution in [0.1, 0.15) is 35.9 Å². The first-order valence-corrected chi connectivity index (χ1v) is 9.68. The number of hydrogen-bond donors (Lipinski definition) is 2. The van der Waals surface area contributed by atoms with Crippen LogP contribution >= 0.6 is 0 Å². The minimum absolute atomic E-state index is 0.258. The minimum atomic E-state index is -1.17. The predicted molar refractivity (Wildman–Crippen MR) is 108 cm³/mol. The number of rotatable bonds is 6. The first kappa shape index (κ1) is 19.7. The van der Waals surface area contributed by atoms with E-state index in [1.165, 1.54) is 16.6 Å². The Bertz CT molecular complexity index is 1040. The van der Waals surface area contributed by atoms with Crippen molar-refractivity contribution < 1.29 is 14.6 Å². The lowest BCUT2D eigenvalue weighted by molar-refractivity contribution is 0.0135. The Morgan fingerprint density at radius 1 is 1.33 bits per heavy atom.